The van der Waals surface area contributed by atoms with Gasteiger partial charge < -0.3 is 14.7 Å². The number of rotatable bonds is 7. The fraction of sp³-hybridized carbons (Fsp3) is 0.714. The number of benzene rings is 1. The molecule has 5 nitrogen and oxygen atoms in total. The number of piperidine rings is 1. The van der Waals surface area contributed by atoms with Gasteiger partial charge in [-0.25, -0.2) is 0 Å². The molecule has 2 atom stereocenters. The van der Waals surface area contributed by atoms with Crippen molar-refractivity contribution in [2.75, 3.05) is 39.8 Å². The molecule has 2 aliphatic carbocycles. The van der Waals surface area contributed by atoms with E-state index in [2.05, 4.69) is 4.90 Å². The Labute approximate surface area is 220 Å². The fourth-order valence-corrected chi connectivity index (χ4v) is 6.81. The number of nitrogens with zero attached hydrogens (tertiary/aromatic N) is 3. The van der Waals surface area contributed by atoms with Crippen LogP contribution >= 0.6 is 23.2 Å². The molecule has 2 saturated heterocycles. The first-order valence-electron chi connectivity index (χ1n) is 13.6. The topological polar surface area (TPSA) is 43.9 Å². The monoisotopic (exact) mass is 519 g/mol. The lowest BCUT2D eigenvalue weighted by atomic mass is 9.92. The summed E-state index contributed by atoms with van der Waals surface area (Å²) in [5.41, 5.74) is 1.06. The molecule has 0 N–H and O–H groups in total. The summed E-state index contributed by atoms with van der Waals surface area (Å²) in [5.74, 6) is 2.01. The molecule has 0 aromatic heterocycles. The minimum absolute atomic E-state index is 0.0416. The van der Waals surface area contributed by atoms with E-state index in [1.165, 1.54) is 32.2 Å². The van der Waals surface area contributed by atoms with Crippen molar-refractivity contribution in [3.05, 3.63) is 33.8 Å². The Hall–Kier alpha value is -1.30. The molecule has 5 rings (SSSR count). The van der Waals surface area contributed by atoms with Crippen molar-refractivity contribution in [2.45, 2.75) is 69.7 Å². The molecule has 1 aromatic carbocycles. The van der Waals surface area contributed by atoms with Crippen LogP contribution in [0.4, 0.5) is 0 Å². The van der Waals surface area contributed by atoms with Crippen LogP contribution in [0.15, 0.2) is 18.2 Å². The van der Waals surface area contributed by atoms with Crippen LogP contribution in [0.5, 0.6) is 0 Å². The number of halogens is 2. The highest BCUT2D eigenvalue weighted by atomic mass is 35.5. The average Bonchev–Trinajstić information content (AvgIpc) is 3.32. The number of likely N-dealkylation sites (tertiary alicyclic amines) is 2. The van der Waals surface area contributed by atoms with Gasteiger partial charge in [0.05, 0.1) is 16.1 Å². The number of likely N-dealkylation sites (N-methyl/N-ethyl adjacent to an activating group) is 1. The summed E-state index contributed by atoms with van der Waals surface area (Å²) < 4.78 is 0. The van der Waals surface area contributed by atoms with Gasteiger partial charge in [-0.05, 0) is 81.1 Å². The van der Waals surface area contributed by atoms with Crippen LogP contribution < -0.4 is 0 Å². The van der Waals surface area contributed by atoms with Gasteiger partial charge in [-0.3, -0.25) is 9.59 Å². The van der Waals surface area contributed by atoms with Crippen LogP contribution in [0.2, 0.25) is 10.0 Å². The van der Waals surface area contributed by atoms with Gasteiger partial charge >= 0.3 is 0 Å². The van der Waals surface area contributed by atoms with Crippen LogP contribution in [0.25, 0.3) is 0 Å². The summed E-state index contributed by atoms with van der Waals surface area (Å²) in [7, 11) is 1.93. The van der Waals surface area contributed by atoms with Crippen LogP contribution in [0.3, 0.4) is 0 Å². The smallest absolute Gasteiger partial charge is 0.225 e. The highest BCUT2D eigenvalue weighted by molar-refractivity contribution is 6.42. The number of carbonyl (C=O) groups excluding carboxylic acids is 2. The van der Waals surface area contributed by atoms with Gasteiger partial charge in [-0.1, -0.05) is 42.1 Å². The minimum Gasteiger partial charge on any atom is -0.340 e. The Bertz CT molecular complexity index is 923. The SMILES string of the molecule is CN(C(=O)CC1CCCC1)[C@@H]1CN(C(=O)C2CCN(CC3CC3)CC2)C[C@H]1c1ccc(Cl)c(Cl)c1. The molecule has 0 spiro atoms. The summed E-state index contributed by atoms with van der Waals surface area (Å²) in [5, 5.41) is 1.05. The van der Waals surface area contributed by atoms with Crippen LogP contribution in [0.1, 0.15) is 69.3 Å². The van der Waals surface area contributed by atoms with Crippen LogP contribution in [0, 0.1) is 17.8 Å². The lowest BCUT2D eigenvalue weighted by molar-refractivity contribution is -0.137. The molecular formula is C28H39Cl2N3O2. The third kappa shape index (κ3) is 5.99. The summed E-state index contributed by atoms with van der Waals surface area (Å²) >= 11 is 12.6. The van der Waals surface area contributed by atoms with E-state index in [9.17, 15) is 9.59 Å². The predicted octanol–water partition coefficient (Wildman–Crippen LogP) is 5.45. The first-order valence-corrected chi connectivity index (χ1v) is 14.4. The molecule has 4 aliphatic rings. The van der Waals surface area contributed by atoms with Crippen LogP contribution in [-0.2, 0) is 9.59 Å². The van der Waals surface area contributed by atoms with Crippen molar-refractivity contribution in [1.29, 1.82) is 0 Å². The molecule has 0 unspecified atom stereocenters. The predicted molar refractivity (Wildman–Crippen MR) is 141 cm³/mol. The van der Waals surface area contributed by atoms with Crippen molar-refractivity contribution < 1.29 is 9.59 Å². The maximum absolute atomic E-state index is 13.6. The number of hydrogen-bond donors (Lipinski definition) is 0. The lowest BCUT2D eigenvalue weighted by Gasteiger charge is -2.33. The molecule has 35 heavy (non-hydrogen) atoms. The molecular weight excluding hydrogens is 481 g/mol. The quantitative estimate of drug-likeness (QED) is 0.481. The van der Waals surface area contributed by atoms with Gasteiger partial charge in [0.25, 0.3) is 0 Å². The first kappa shape index (κ1) is 25.4. The Balaban J connectivity index is 1.28. The average molecular weight is 521 g/mol. The molecule has 0 bridgehead atoms. The number of carbonyl (C=O) groups is 2. The summed E-state index contributed by atoms with van der Waals surface area (Å²) in [6, 6.07) is 5.71. The third-order valence-corrected chi connectivity index (χ3v) is 9.69. The zero-order chi connectivity index (χ0) is 24.5. The maximum atomic E-state index is 13.6. The van der Waals surface area contributed by atoms with Crippen molar-refractivity contribution >= 4 is 35.0 Å². The molecule has 2 saturated carbocycles. The summed E-state index contributed by atoms with van der Waals surface area (Å²) in [6.45, 7) is 4.49. The van der Waals surface area contributed by atoms with Gasteiger partial charge in [0.1, 0.15) is 0 Å². The van der Waals surface area contributed by atoms with Crippen molar-refractivity contribution in [3.8, 4) is 0 Å². The molecule has 7 heteroatoms. The van der Waals surface area contributed by atoms with Crippen molar-refractivity contribution in [2.24, 2.45) is 17.8 Å². The normalized spacial score (nSPS) is 26.4. The van der Waals surface area contributed by atoms with Gasteiger partial charge in [0.2, 0.25) is 11.8 Å². The zero-order valence-electron chi connectivity index (χ0n) is 20.9. The molecule has 0 radical (unpaired) electrons. The summed E-state index contributed by atoms with van der Waals surface area (Å²) in [4.78, 5) is 33.4. The standard InChI is InChI=1S/C28H39Cl2N3O2/c1-31(27(34)14-19-4-2-3-5-19)26-18-33(17-23(26)22-8-9-24(29)25(30)15-22)28(35)21-10-12-32(13-11-21)16-20-6-7-20/h8-9,15,19-21,23,26H,2-7,10-14,16-18H2,1H3/t23-,26+/m0/s1. The molecule has 2 amide bonds. The third-order valence-electron chi connectivity index (χ3n) is 8.95. The Morgan fingerprint density at radius 2 is 1.66 bits per heavy atom. The van der Waals surface area contributed by atoms with E-state index in [0.29, 0.717) is 35.5 Å². The zero-order valence-corrected chi connectivity index (χ0v) is 22.4. The van der Waals surface area contributed by atoms with E-state index in [1.54, 1.807) is 0 Å². The summed E-state index contributed by atoms with van der Waals surface area (Å²) in [6.07, 6.45) is 10.0. The highest BCUT2D eigenvalue weighted by Gasteiger charge is 2.42. The molecule has 2 aliphatic heterocycles. The van der Waals surface area contributed by atoms with E-state index >= 15 is 0 Å². The molecule has 192 valence electrons. The second-order valence-electron chi connectivity index (χ2n) is 11.5. The Morgan fingerprint density at radius 1 is 0.943 bits per heavy atom. The van der Waals surface area contributed by atoms with E-state index in [0.717, 1.165) is 50.3 Å². The fourth-order valence-electron chi connectivity index (χ4n) is 6.51. The number of amides is 2. The Morgan fingerprint density at radius 3 is 2.31 bits per heavy atom. The molecule has 1 aromatic rings. The molecule has 2 heterocycles. The van der Waals surface area contributed by atoms with Crippen molar-refractivity contribution in [3.63, 3.8) is 0 Å². The van der Waals surface area contributed by atoms with Gasteiger partial charge in [-0.15, -0.1) is 0 Å². The highest BCUT2D eigenvalue weighted by Crippen LogP contribution is 2.37. The van der Waals surface area contributed by atoms with Gasteiger partial charge in [-0.2, -0.15) is 0 Å². The second-order valence-corrected chi connectivity index (χ2v) is 12.3. The largest absolute Gasteiger partial charge is 0.340 e. The maximum Gasteiger partial charge on any atom is 0.225 e. The van der Waals surface area contributed by atoms with Crippen LogP contribution in [-0.4, -0.2) is 72.3 Å². The Kier molecular flexibility index (Phi) is 7.96. The van der Waals surface area contributed by atoms with E-state index in [1.807, 2.05) is 35.0 Å². The minimum atomic E-state index is -0.0416. The van der Waals surface area contributed by atoms with Gasteiger partial charge in [0.15, 0.2) is 0 Å². The molecule has 4 fully saturated rings. The van der Waals surface area contributed by atoms with E-state index in [-0.39, 0.29) is 29.7 Å². The van der Waals surface area contributed by atoms with Crippen molar-refractivity contribution in [1.82, 2.24) is 14.7 Å². The van der Waals surface area contributed by atoms with Gasteiger partial charge in [0, 0.05) is 44.9 Å². The van der Waals surface area contributed by atoms with E-state index < -0.39 is 0 Å². The number of hydrogen-bond acceptors (Lipinski definition) is 3. The second kappa shape index (κ2) is 11.0. The lowest BCUT2D eigenvalue weighted by Crippen LogP contribution is -2.44. The van der Waals surface area contributed by atoms with E-state index in [4.69, 9.17) is 23.2 Å². The first-order chi connectivity index (χ1) is 16.9.